The highest BCUT2D eigenvalue weighted by Gasteiger charge is 2.19. The minimum atomic E-state index is 1.17. The van der Waals surface area contributed by atoms with E-state index in [0.29, 0.717) is 0 Å². The first-order chi connectivity index (χ1) is 22.8. The molecule has 0 amide bonds. The van der Waals surface area contributed by atoms with Crippen LogP contribution in [0, 0.1) is 0 Å². The number of fused-ring (bicyclic) bond motifs is 9. The Kier molecular flexibility index (Phi) is 5.31. The van der Waals surface area contributed by atoms with Gasteiger partial charge in [-0.05, 0) is 87.3 Å². The number of nitrogens with zero attached hydrogens (tertiary/aromatic N) is 2. The van der Waals surface area contributed by atoms with Crippen molar-refractivity contribution >= 4 is 65.2 Å². The third kappa shape index (κ3) is 3.59. The van der Waals surface area contributed by atoms with Crippen LogP contribution in [0.2, 0.25) is 0 Å². The molecule has 214 valence electrons. The standard InChI is InChI=1S/C44H28N2/c1-2-14-32(15-3-1)45-40-20-10-8-17-35(40)39-27-31(23-25-42(39)45)38-28-43-44(36-18-7-6-16-34(36)38)37-19-9-11-21-41(37)46(43)33-24-22-29-12-4-5-13-30(29)26-33/h1-28H. The van der Waals surface area contributed by atoms with E-state index < -0.39 is 0 Å². The van der Waals surface area contributed by atoms with Crippen molar-refractivity contribution in [2.24, 2.45) is 0 Å². The molecule has 0 aliphatic rings. The van der Waals surface area contributed by atoms with E-state index in [9.17, 15) is 0 Å². The normalized spacial score (nSPS) is 11.9. The van der Waals surface area contributed by atoms with Crippen LogP contribution in [0.4, 0.5) is 0 Å². The predicted octanol–water partition coefficient (Wildman–Crippen LogP) is 11.9. The fourth-order valence-electron chi connectivity index (χ4n) is 7.66. The zero-order valence-corrected chi connectivity index (χ0v) is 25.1. The van der Waals surface area contributed by atoms with Crippen molar-refractivity contribution in [3.63, 3.8) is 0 Å². The molecule has 0 radical (unpaired) electrons. The molecule has 0 saturated carbocycles. The summed E-state index contributed by atoms with van der Waals surface area (Å²) in [6, 6.07) is 62.0. The van der Waals surface area contributed by atoms with Crippen molar-refractivity contribution in [2.75, 3.05) is 0 Å². The summed E-state index contributed by atoms with van der Waals surface area (Å²) in [5.74, 6) is 0. The molecule has 0 spiro atoms. The van der Waals surface area contributed by atoms with Gasteiger partial charge < -0.3 is 9.13 Å². The van der Waals surface area contributed by atoms with Crippen LogP contribution in [-0.4, -0.2) is 9.13 Å². The summed E-state index contributed by atoms with van der Waals surface area (Å²) in [7, 11) is 0. The van der Waals surface area contributed by atoms with Crippen LogP contribution in [0.1, 0.15) is 0 Å². The van der Waals surface area contributed by atoms with E-state index in [1.807, 2.05) is 0 Å². The van der Waals surface area contributed by atoms with Gasteiger partial charge in [-0.2, -0.15) is 0 Å². The Labute approximate surface area is 266 Å². The molecule has 0 atom stereocenters. The molecular weight excluding hydrogens is 556 g/mol. The summed E-state index contributed by atoms with van der Waals surface area (Å²) < 4.78 is 4.83. The van der Waals surface area contributed by atoms with Gasteiger partial charge in [0.05, 0.1) is 22.1 Å². The highest BCUT2D eigenvalue weighted by atomic mass is 15.0. The van der Waals surface area contributed by atoms with Gasteiger partial charge in [0, 0.05) is 32.9 Å². The van der Waals surface area contributed by atoms with Crippen molar-refractivity contribution in [1.82, 2.24) is 9.13 Å². The summed E-state index contributed by atoms with van der Waals surface area (Å²) in [5, 5.41) is 10.1. The van der Waals surface area contributed by atoms with Gasteiger partial charge in [-0.1, -0.05) is 115 Å². The van der Waals surface area contributed by atoms with Gasteiger partial charge in [-0.3, -0.25) is 0 Å². The zero-order valence-electron chi connectivity index (χ0n) is 25.1. The van der Waals surface area contributed by atoms with Crippen molar-refractivity contribution in [2.45, 2.75) is 0 Å². The molecule has 0 aliphatic carbocycles. The van der Waals surface area contributed by atoms with E-state index in [1.54, 1.807) is 0 Å². The molecule has 0 N–H and O–H groups in total. The van der Waals surface area contributed by atoms with Crippen molar-refractivity contribution in [3.8, 4) is 22.5 Å². The van der Waals surface area contributed by atoms with E-state index in [0.717, 1.165) is 0 Å². The lowest BCUT2D eigenvalue weighted by molar-refractivity contribution is 1.18. The van der Waals surface area contributed by atoms with Gasteiger partial charge in [0.15, 0.2) is 0 Å². The molecule has 46 heavy (non-hydrogen) atoms. The molecule has 2 heteroatoms. The maximum atomic E-state index is 2.45. The SMILES string of the molecule is c1ccc(-n2c3ccccc3c3cc(-c4cc5c(c6ccccc46)c4ccccc4n5-c4ccc5ccccc5c4)ccc32)cc1. The second-order valence-electron chi connectivity index (χ2n) is 12.2. The van der Waals surface area contributed by atoms with E-state index in [2.05, 4.69) is 179 Å². The highest BCUT2D eigenvalue weighted by Crippen LogP contribution is 2.43. The number of hydrogen-bond acceptors (Lipinski definition) is 0. The number of hydrogen-bond donors (Lipinski definition) is 0. The lowest BCUT2D eigenvalue weighted by Gasteiger charge is -2.13. The van der Waals surface area contributed by atoms with Crippen molar-refractivity contribution in [3.05, 3.63) is 170 Å². The van der Waals surface area contributed by atoms with E-state index in [1.165, 1.54) is 87.7 Å². The lowest BCUT2D eigenvalue weighted by atomic mass is 9.94. The molecule has 2 aromatic heterocycles. The number of aromatic nitrogens is 2. The summed E-state index contributed by atoms with van der Waals surface area (Å²) in [4.78, 5) is 0. The maximum absolute atomic E-state index is 2.45. The van der Waals surface area contributed by atoms with Crippen molar-refractivity contribution in [1.29, 1.82) is 0 Å². The summed E-state index contributed by atoms with van der Waals surface area (Å²) in [6.07, 6.45) is 0. The van der Waals surface area contributed by atoms with E-state index in [4.69, 9.17) is 0 Å². The molecule has 2 nitrogen and oxygen atoms in total. The molecular formula is C44H28N2. The molecule has 8 aromatic carbocycles. The Bertz CT molecular complexity index is 2800. The van der Waals surface area contributed by atoms with Crippen molar-refractivity contribution < 1.29 is 0 Å². The topological polar surface area (TPSA) is 9.86 Å². The first-order valence-corrected chi connectivity index (χ1v) is 15.9. The van der Waals surface area contributed by atoms with Gasteiger partial charge in [0.25, 0.3) is 0 Å². The lowest BCUT2D eigenvalue weighted by Crippen LogP contribution is -1.95. The predicted molar refractivity (Wildman–Crippen MR) is 196 cm³/mol. The number of rotatable bonds is 3. The largest absolute Gasteiger partial charge is 0.309 e. The third-order valence-corrected chi connectivity index (χ3v) is 9.67. The highest BCUT2D eigenvalue weighted by molar-refractivity contribution is 6.24. The summed E-state index contributed by atoms with van der Waals surface area (Å²) in [6.45, 7) is 0. The van der Waals surface area contributed by atoms with Crippen LogP contribution in [-0.2, 0) is 0 Å². The van der Waals surface area contributed by atoms with Gasteiger partial charge in [-0.15, -0.1) is 0 Å². The van der Waals surface area contributed by atoms with Gasteiger partial charge in [0.2, 0.25) is 0 Å². The van der Waals surface area contributed by atoms with Crippen LogP contribution in [0.5, 0.6) is 0 Å². The fourth-order valence-corrected chi connectivity index (χ4v) is 7.66. The molecule has 0 fully saturated rings. The van der Waals surface area contributed by atoms with E-state index in [-0.39, 0.29) is 0 Å². The second-order valence-corrected chi connectivity index (χ2v) is 12.2. The van der Waals surface area contributed by atoms with Crippen LogP contribution in [0.15, 0.2) is 170 Å². The van der Waals surface area contributed by atoms with Crippen LogP contribution in [0.25, 0.3) is 87.7 Å². The van der Waals surface area contributed by atoms with Crippen LogP contribution >= 0.6 is 0 Å². The Hall–Kier alpha value is -6.12. The fraction of sp³-hybridized carbons (Fsp3) is 0. The van der Waals surface area contributed by atoms with Gasteiger partial charge in [-0.25, -0.2) is 0 Å². The first-order valence-electron chi connectivity index (χ1n) is 15.9. The molecule has 0 unspecified atom stereocenters. The van der Waals surface area contributed by atoms with E-state index >= 15 is 0 Å². The monoisotopic (exact) mass is 584 g/mol. The smallest absolute Gasteiger partial charge is 0.0553 e. The molecule has 0 aliphatic heterocycles. The number of para-hydroxylation sites is 3. The molecule has 2 heterocycles. The molecule has 10 aromatic rings. The Morgan fingerprint density at radius 1 is 0.304 bits per heavy atom. The summed E-state index contributed by atoms with van der Waals surface area (Å²) >= 11 is 0. The second kappa shape index (κ2) is 9.69. The average molecular weight is 585 g/mol. The average Bonchev–Trinajstić information content (AvgIpc) is 3.64. The minimum absolute atomic E-state index is 1.17. The Morgan fingerprint density at radius 2 is 0.913 bits per heavy atom. The zero-order chi connectivity index (χ0) is 30.2. The third-order valence-electron chi connectivity index (χ3n) is 9.67. The maximum Gasteiger partial charge on any atom is 0.0553 e. The quantitative estimate of drug-likeness (QED) is 0.195. The van der Waals surface area contributed by atoms with Gasteiger partial charge >= 0.3 is 0 Å². The van der Waals surface area contributed by atoms with Crippen LogP contribution < -0.4 is 0 Å². The molecule has 10 rings (SSSR count). The number of benzene rings is 8. The van der Waals surface area contributed by atoms with Crippen LogP contribution in [0.3, 0.4) is 0 Å². The molecule has 0 saturated heterocycles. The Balaban J connectivity index is 1.30. The molecule has 0 bridgehead atoms. The Morgan fingerprint density at radius 3 is 1.74 bits per heavy atom. The minimum Gasteiger partial charge on any atom is -0.309 e. The van der Waals surface area contributed by atoms with Gasteiger partial charge in [0.1, 0.15) is 0 Å². The summed E-state index contributed by atoms with van der Waals surface area (Å²) in [5.41, 5.74) is 9.68. The first kappa shape index (κ1) is 25.2.